The second kappa shape index (κ2) is 6.96. The van der Waals surface area contributed by atoms with E-state index in [1.165, 1.54) is 16.4 Å². The SMILES string of the molecule is CC(C)(C)c1nccc(N2CCN(S(=O)(=O)c3ccc4[nH]c(=O)[nH]c4c3)CC2)n1. The highest BCUT2D eigenvalue weighted by Crippen LogP contribution is 2.24. The van der Waals surface area contributed by atoms with Crippen molar-refractivity contribution < 1.29 is 8.42 Å². The zero-order valence-electron chi connectivity index (χ0n) is 16.6. The Hall–Kier alpha value is -2.72. The molecule has 3 aromatic rings. The van der Waals surface area contributed by atoms with Gasteiger partial charge in [-0.25, -0.2) is 23.2 Å². The summed E-state index contributed by atoms with van der Waals surface area (Å²) >= 11 is 0. The van der Waals surface area contributed by atoms with Crippen LogP contribution in [-0.4, -0.2) is 58.8 Å². The number of H-pyrrole nitrogens is 2. The van der Waals surface area contributed by atoms with Crippen molar-refractivity contribution in [2.45, 2.75) is 31.1 Å². The van der Waals surface area contributed by atoms with Crippen LogP contribution < -0.4 is 10.6 Å². The van der Waals surface area contributed by atoms with Gasteiger partial charge in [-0.3, -0.25) is 0 Å². The average molecular weight is 417 g/mol. The molecule has 1 aromatic carbocycles. The van der Waals surface area contributed by atoms with Crippen molar-refractivity contribution in [3.63, 3.8) is 0 Å². The lowest BCUT2D eigenvalue weighted by Crippen LogP contribution is -2.49. The monoisotopic (exact) mass is 416 g/mol. The Morgan fingerprint density at radius 3 is 2.38 bits per heavy atom. The van der Waals surface area contributed by atoms with E-state index in [2.05, 4.69) is 45.6 Å². The minimum atomic E-state index is -3.64. The third kappa shape index (κ3) is 3.77. The predicted octanol–water partition coefficient (Wildman–Crippen LogP) is 1.45. The normalized spacial score (nSPS) is 16.4. The maximum Gasteiger partial charge on any atom is 0.323 e. The van der Waals surface area contributed by atoms with Crippen LogP contribution in [0.25, 0.3) is 11.0 Å². The van der Waals surface area contributed by atoms with E-state index in [0.29, 0.717) is 37.2 Å². The van der Waals surface area contributed by atoms with Crippen molar-refractivity contribution in [2.75, 3.05) is 31.1 Å². The lowest BCUT2D eigenvalue weighted by molar-refractivity contribution is 0.383. The van der Waals surface area contributed by atoms with Crippen molar-refractivity contribution in [2.24, 2.45) is 0 Å². The van der Waals surface area contributed by atoms with Crippen LogP contribution in [0.15, 0.2) is 40.2 Å². The van der Waals surface area contributed by atoms with Crippen LogP contribution >= 0.6 is 0 Å². The van der Waals surface area contributed by atoms with Crippen LogP contribution in [0.2, 0.25) is 0 Å². The summed E-state index contributed by atoms with van der Waals surface area (Å²) in [6, 6.07) is 6.48. The van der Waals surface area contributed by atoms with Gasteiger partial charge in [0.25, 0.3) is 0 Å². The number of nitrogens with zero attached hydrogens (tertiary/aromatic N) is 4. The molecule has 0 amide bonds. The lowest BCUT2D eigenvalue weighted by atomic mass is 9.96. The van der Waals surface area contributed by atoms with Gasteiger partial charge in [0.2, 0.25) is 10.0 Å². The first kappa shape index (κ1) is 19.6. The van der Waals surface area contributed by atoms with E-state index in [1.807, 2.05) is 6.07 Å². The first-order chi connectivity index (χ1) is 13.6. The fourth-order valence-corrected chi connectivity index (χ4v) is 4.81. The fraction of sp³-hybridized carbons (Fsp3) is 0.421. The fourth-order valence-electron chi connectivity index (χ4n) is 3.37. The quantitative estimate of drug-likeness (QED) is 0.668. The van der Waals surface area contributed by atoms with E-state index < -0.39 is 10.0 Å². The predicted molar refractivity (Wildman–Crippen MR) is 111 cm³/mol. The number of anilines is 1. The summed E-state index contributed by atoms with van der Waals surface area (Å²) in [6.07, 6.45) is 1.75. The van der Waals surface area contributed by atoms with E-state index in [0.717, 1.165) is 11.6 Å². The maximum absolute atomic E-state index is 13.0. The molecule has 1 aliphatic heterocycles. The van der Waals surface area contributed by atoms with Crippen molar-refractivity contribution in [1.82, 2.24) is 24.2 Å². The molecule has 0 atom stereocenters. The van der Waals surface area contributed by atoms with Crippen molar-refractivity contribution >= 4 is 26.9 Å². The van der Waals surface area contributed by atoms with Gasteiger partial charge in [0.1, 0.15) is 11.6 Å². The first-order valence-electron chi connectivity index (χ1n) is 9.45. The van der Waals surface area contributed by atoms with E-state index >= 15 is 0 Å². The number of fused-ring (bicyclic) bond motifs is 1. The molecule has 0 spiro atoms. The van der Waals surface area contributed by atoms with Crippen LogP contribution in [-0.2, 0) is 15.4 Å². The number of hydrogen-bond acceptors (Lipinski definition) is 6. The first-order valence-corrected chi connectivity index (χ1v) is 10.9. The molecule has 9 nitrogen and oxygen atoms in total. The molecule has 0 unspecified atom stereocenters. The summed E-state index contributed by atoms with van der Waals surface area (Å²) in [4.78, 5) is 27.9. The Labute approximate surface area is 168 Å². The van der Waals surface area contributed by atoms with Crippen LogP contribution in [0.1, 0.15) is 26.6 Å². The molecular formula is C19H24N6O3S. The molecule has 1 aliphatic rings. The topological polar surface area (TPSA) is 115 Å². The largest absolute Gasteiger partial charge is 0.354 e. The third-order valence-electron chi connectivity index (χ3n) is 5.00. The number of nitrogens with one attached hydrogen (secondary N) is 2. The van der Waals surface area contributed by atoms with Gasteiger partial charge in [-0.1, -0.05) is 20.8 Å². The van der Waals surface area contributed by atoms with Gasteiger partial charge < -0.3 is 14.9 Å². The summed E-state index contributed by atoms with van der Waals surface area (Å²) in [5.41, 5.74) is 0.546. The highest BCUT2D eigenvalue weighted by atomic mass is 32.2. The van der Waals surface area contributed by atoms with Crippen LogP contribution in [0.5, 0.6) is 0 Å². The molecule has 1 saturated heterocycles. The molecule has 3 heterocycles. The number of sulfonamides is 1. The van der Waals surface area contributed by atoms with E-state index in [1.54, 1.807) is 12.3 Å². The number of aromatic amines is 2. The molecular weight excluding hydrogens is 392 g/mol. The molecule has 154 valence electrons. The van der Waals surface area contributed by atoms with Gasteiger partial charge in [0, 0.05) is 37.8 Å². The molecule has 0 bridgehead atoms. The maximum atomic E-state index is 13.0. The minimum Gasteiger partial charge on any atom is -0.354 e. The molecule has 2 N–H and O–H groups in total. The summed E-state index contributed by atoms with van der Waals surface area (Å²) in [7, 11) is -3.64. The second-order valence-electron chi connectivity index (χ2n) is 8.17. The lowest BCUT2D eigenvalue weighted by Gasteiger charge is -2.35. The second-order valence-corrected chi connectivity index (χ2v) is 10.1. The molecule has 29 heavy (non-hydrogen) atoms. The number of hydrogen-bond donors (Lipinski definition) is 2. The van der Waals surface area contributed by atoms with Crippen LogP contribution in [0.3, 0.4) is 0 Å². The van der Waals surface area contributed by atoms with Gasteiger partial charge in [-0.15, -0.1) is 0 Å². The van der Waals surface area contributed by atoms with E-state index in [4.69, 9.17) is 0 Å². The Morgan fingerprint density at radius 1 is 1.00 bits per heavy atom. The van der Waals surface area contributed by atoms with E-state index in [9.17, 15) is 13.2 Å². The summed E-state index contributed by atoms with van der Waals surface area (Å²) in [5.74, 6) is 1.58. The third-order valence-corrected chi connectivity index (χ3v) is 6.89. The summed E-state index contributed by atoms with van der Waals surface area (Å²) in [6.45, 7) is 7.99. The van der Waals surface area contributed by atoms with Crippen LogP contribution in [0, 0.1) is 0 Å². The summed E-state index contributed by atoms with van der Waals surface area (Å²) < 4.78 is 27.6. The number of piperazine rings is 1. The van der Waals surface area contributed by atoms with Crippen LogP contribution in [0.4, 0.5) is 5.82 Å². The Balaban J connectivity index is 1.52. The molecule has 1 fully saturated rings. The van der Waals surface area contributed by atoms with Gasteiger partial charge in [-0.2, -0.15) is 4.31 Å². The smallest absolute Gasteiger partial charge is 0.323 e. The van der Waals surface area contributed by atoms with Gasteiger partial charge >= 0.3 is 5.69 Å². The van der Waals surface area contributed by atoms with Gasteiger partial charge in [0.05, 0.1) is 15.9 Å². The summed E-state index contributed by atoms with van der Waals surface area (Å²) in [5, 5.41) is 0. The number of imidazole rings is 1. The van der Waals surface area contributed by atoms with Crippen molar-refractivity contribution in [1.29, 1.82) is 0 Å². The highest BCUT2D eigenvalue weighted by Gasteiger charge is 2.29. The van der Waals surface area contributed by atoms with Crippen molar-refractivity contribution in [3.8, 4) is 0 Å². The Morgan fingerprint density at radius 2 is 1.69 bits per heavy atom. The molecule has 4 rings (SSSR count). The molecule has 0 saturated carbocycles. The standard InChI is InChI=1S/C19H24N6O3S/c1-19(2,3)17-20-7-6-16(23-17)24-8-10-25(11-9-24)29(27,28)13-4-5-14-15(12-13)22-18(26)21-14/h4-7,12H,8-11H2,1-3H3,(H2,21,22,26). The number of rotatable bonds is 3. The number of aromatic nitrogens is 4. The van der Waals surface area contributed by atoms with Gasteiger partial charge in [0.15, 0.2) is 0 Å². The minimum absolute atomic E-state index is 0.154. The zero-order chi connectivity index (χ0) is 20.8. The molecule has 0 aliphatic carbocycles. The number of benzene rings is 1. The molecule has 0 radical (unpaired) electrons. The molecule has 10 heteroatoms. The highest BCUT2D eigenvalue weighted by molar-refractivity contribution is 7.89. The van der Waals surface area contributed by atoms with E-state index in [-0.39, 0.29) is 16.0 Å². The Bertz CT molecular complexity index is 1200. The zero-order valence-corrected chi connectivity index (χ0v) is 17.5. The average Bonchev–Trinajstić information content (AvgIpc) is 3.07. The Kier molecular flexibility index (Phi) is 4.70. The molecule has 2 aromatic heterocycles. The van der Waals surface area contributed by atoms with Gasteiger partial charge in [-0.05, 0) is 24.3 Å². The van der Waals surface area contributed by atoms with Crippen molar-refractivity contribution in [3.05, 3.63) is 46.8 Å².